The summed E-state index contributed by atoms with van der Waals surface area (Å²) in [4.78, 5) is 24.0. The Morgan fingerprint density at radius 1 is 1.50 bits per heavy atom. The number of aromatic carboxylic acids is 1. The number of carboxylic acid groups (broad SMARTS) is 1. The molecule has 0 atom stereocenters. The molecule has 0 fully saturated rings. The average Bonchev–Trinajstić information content (AvgIpc) is 2.23. The maximum absolute atomic E-state index is 12.4. The van der Waals surface area contributed by atoms with Crippen molar-refractivity contribution in [2.45, 2.75) is 19.5 Å². The first-order valence-electron chi connectivity index (χ1n) is 5.09. The number of rotatable bonds is 4. The van der Waals surface area contributed by atoms with Crippen molar-refractivity contribution in [3.8, 4) is 0 Å². The fourth-order valence-electron chi connectivity index (χ4n) is 1.30. The van der Waals surface area contributed by atoms with Crippen LogP contribution in [0.2, 0.25) is 0 Å². The summed E-state index contributed by atoms with van der Waals surface area (Å²) in [5.41, 5.74) is -3.51. The van der Waals surface area contributed by atoms with Crippen LogP contribution in [0.15, 0.2) is 10.9 Å². The molecule has 0 unspecified atom stereocenters. The first-order chi connectivity index (χ1) is 8.27. The van der Waals surface area contributed by atoms with Gasteiger partial charge >= 0.3 is 12.1 Å². The number of anilines is 1. The van der Waals surface area contributed by atoms with Crippen LogP contribution < -0.4 is 10.9 Å². The second-order valence-electron chi connectivity index (χ2n) is 3.53. The maximum Gasteiger partial charge on any atom is 0.421 e. The van der Waals surface area contributed by atoms with Crippen LogP contribution in [0.1, 0.15) is 29.3 Å². The molecule has 3 N–H and O–H groups in total. The van der Waals surface area contributed by atoms with Crippen molar-refractivity contribution in [2.24, 2.45) is 0 Å². The molecular weight excluding hydrogens is 253 g/mol. The van der Waals surface area contributed by atoms with Crippen LogP contribution in [-0.2, 0) is 6.18 Å². The zero-order valence-corrected chi connectivity index (χ0v) is 9.39. The van der Waals surface area contributed by atoms with Gasteiger partial charge < -0.3 is 15.4 Å². The van der Waals surface area contributed by atoms with Crippen LogP contribution in [0, 0.1) is 0 Å². The number of hydrogen-bond donors (Lipinski definition) is 3. The Balaban J connectivity index is 3.35. The molecule has 100 valence electrons. The highest BCUT2D eigenvalue weighted by Crippen LogP contribution is 2.28. The number of alkyl halides is 3. The topological polar surface area (TPSA) is 82.2 Å². The Kier molecular flexibility index (Phi) is 4.00. The summed E-state index contributed by atoms with van der Waals surface area (Å²) in [6, 6.07) is 0.332. The SMILES string of the molecule is CCCNc1[nH]c(=O)c(C(F)(F)F)cc1C(=O)O. The van der Waals surface area contributed by atoms with Crippen LogP contribution in [0.4, 0.5) is 19.0 Å². The molecule has 0 radical (unpaired) electrons. The summed E-state index contributed by atoms with van der Waals surface area (Å²) in [7, 11) is 0. The molecule has 0 aliphatic heterocycles. The predicted molar refractivity (Wildman–Crippen MR) is 57.8 cm³/mol. The standard InChI is InChI=1S/C10H11F3N2O3/c1-2-3-14-7-5(9(17)18)4-6(8(16)15-7)10(11,12)13/h4H,2-3H2,1H3,(H,17,18)(H2,14,15,16). The van der Waals surface area contributed by atoms with Gasteiger partial charge in [-0.1, -0.05) is 6.92 Å². The number of hydrogen-bond acceptors (Lipinski definition) is 3. The minimum absolute atomic E-state index is 0.220. The number of aromatic nitrogens is 1. The van der Waals surface area contributed by atoms with E-state index in [-0.39, 0.29) is 5.82 Å². The highest BCUT2D eigenvalue weighted by atomic mass is 19.4. The van der Waals surface area contributed by atoms with Gasteiger partial charge in [0.15, 0.2) is 0 Å². The third-order valence-corrected chi connectivity index (χ3v) is 2.13. The number of halogens is 3. The molecule has 0 amide bonds. The van der Waals surface area contributed by atoms with Crippen molar-refractivity contribution < 1.29 is 23.1 Å². The lowest BCUT2D eigenvalue weighted by Gasteiger charge is -2.11. The number of nitrogens with one attached hydrogen (secondary N) is 2. The van der Waals surface area contributed by atoms with Gasteiger partial charge in [-0.3, -0.25) is 4.79 Å². The van der Waals surface area contributed by atoms with E-state index in [1.54, 1.807) is 6.92 Å². The Hall–Kier alpha value is -1.99. The molecule has 0 aromatic carbocycles. The zero-order chi connectivity index (χ0) is 13.9. The van der Waals surface area contributed by atoms with Gasteiger partial charge in [0.05, 0.1) is 0 Å². The van der Waals surface area contributed by atoms with Crippen molar-refractivity contribution in [1.82, 2.24) is 4.98 Å². The summed E-state index contributed by atoms with van der Waals surface area (Å²) >= 11 is 0. The van der Waals surface area contributed by atoms with Crippen LogP contribution in [0.3, 0.4) is 0 Å². The van der Waals surface area contributed by atoms with Gasteiger partial charge in [-0.15, -0.1) is 0 Å². The monoisotopic (exact) mass is 264 g/mol. The van der Waals surface area contributed by atoms with E-state index in [9.17, 15) is 22.8 Å². The zero-order valence-electron chi connectivity index (χ0n) is 9.39. The second kappa shape index (κ2) is 5.11. The Morgan fingerprint density at radius 3 is 2.56 bits per heavy atom. The molecule has 0 spiro atoms. The lowest BCUT2D eigenvalue weighted by atomic mass is 10.1. The predicted octanol–water partition coefficient (Wildman–Crippen LogP) is 1.91. The molecule has 0 aliphatic carbocycles. The Bertz CT molecular complexity index is 508. The van der Waals surface area contributed by atoms with E-state index in [4.69, 9.17) is 5.11 Å². The van der Waals surface area contributed by atoms with E-state index in [0.29, 0.717) is 19.0 Å². The number of carboxylic acids is 1. The maximum atomic E-state index is 12.4. The van der Waals surface area contributed by atoms with Crippen molar-refractivity contribution in [2.75, 3.05) is 11.9 Å². The van der Waals surface area contributed by atoms with E-state index in [1.807, 2.05) is 4.98 Å². The van der Waals surface area contributed by atoms with Crippen molar-refractivity contribution >= 4 is 11.8 Å². The highest BCUT2D eigenvalue weighted by Gasteiger charge is 2.35. The fourth-order valence-corrected chi connectivity index (χ4v) is 1.30. The number of aromatic amines is 1. The second-order valence-corrected chi connectivity index (χ2v) is 3.53. The molecular formula is C10H11F3N2O3. The molecule has 0 bridgehead atoms. The van der Waals surface area contributed by atoms with Crippen molar-refractivity contribution in [3.63, 3.8) is 0 Å². The lowest BCUT2D eigenvalue weighted by Crippen LogP contribution is -2.25. The van der Waals surface area contributed by atoms with Gasteiger partial charge in [-0.2, -0.15) is 13.2 Å². The number of H-pyrrole nitrogens is 1. The normalized spacial score (nSPS) is 11.3. The largest absolute Gasteiger partial charge is 0.478 e. The average molecular weight is 264 g/mol. The fraction of sp³-hybridized carbons (Fsp3) is 0.400. The summed E-state index contributed by atoms with van der Waals surface area (Å²) in [5, 5.41) is 11.4. The van der Waals surface area contributed by atoms with Crippen LogP contribution in [0.25, 0.3) is 0 Å². The van der Waals surface area contributed by atoms with E-state index < -0.39 is 28.8 Å². The molecule has 1 heterocycles. The molecule has 8 heteroatoms. The van der Waals surface area contributed by atoms with Gasteiger partial charge in [0.2, 0.25) is 0 Å². The van der Waals surface area contributed by atoms with Gasteiger partial charge in [-0.05, 0) is 12.5 Å². The summed E-state index contributed by atoms with van der Waals surface area (Å²) < 4.78 is 37.3. The quantitative estimate of drug-likeness (QED) is 0.775. The molecule has 1 rings (SSSR count). The first-order valence-corrected chi connectivity index (χ1v) is 5.09. The molecule has 0 saturated carbocycles. The summed E-state index contributed by atoms with van der Waals surface area (Å²) in [6.45, 7) is 2.12. The van der Waals surface area contributed by atoms with Crippen molar-refractivity contribution in [3.05, 3.63) is 27.5 Å². The molecule has 0 saturated heterocycles. The van der Waals surface area contributed by atoms with Crippen LogP contribution in [-0.4, -0.2) is 22.6 Å². The molecule has 1 aromatic heterocycles. The summed E-state index contributed by atoms with van der Waals surface area (Å²) in [6.07, 6.45) is -4.26. The van der Waals surface area contributed by atoms with E-state index in [1.165, 1.54) is 0 Å². The highest BCUT2D eigenvalue weighted by molar-refractivity contribution is 5.93. The number of pyridine rings is 1. The molecule has 5 nitrogen and oxygen atoms in total. The van der Waals surface area contributed by atoms with Gasteiger partial charge in [0.1, 0.15) is 16.9 Å². The lowest BCUT2D eigenvalue weighted by molar-refractivity contribution is -0.138. The van der Waals surface area contributed by atoms with Crippen LogP contribution in [0.5, 0.6) is 0 Å². The van der Waals surface area contributed by atoms with Gasteiger partial charge in [0, 0.05) is 6.54 Å². The van der Waals surface area contributed by atoms with E-state index in [0.717, 1.165) is 0 Å². The minimum atomic E-state index is -4.89. The third kappa shape index (κ3) is 3.02. The Morgan fingerprint density at radius 2 is 2.11 bits per heavy atom. The molecule has 18 heavy (non-hydrogen) atoms. The third-order valence-electron chi connectivity index (χ3n) is 2.13. The van der Waals surface area contributed by atoms with E-state index in [2.05, 4.69) is 5.32 Å². The van der Waals surface area contributed by atoms with E-state index >= 15 is 0 Å². The molecule has 1 aromatic rings. The Labute approximate surface area is 99.6 Å². The van der Waals surface area contributed by atoms with Gasteiger partial charge in [-0.25, -0.2) is 4.79 Å². The van der Waals surface area contributed by atoms with Gasteiger partial charge in [0.25, 0.3) is 5.56 Å². The number of carbonyl (C=O) groups is 1. The first kappa shape index (κ1) is 14.1. The van der Waals surface area contributed by atoms with Crippen LogP contribution >= 0.6 is 0 Å². The summed E-state index contributed by atoms with van der Waals surface area (Å²) in [5.74, 6) is -1.77. The van der Waals surface area contributed by atoms with Crippen molar-refractivity contribution in [1.29, 1.82) is 0 Å². The minimum Gasteiger partial charge on any atom is -0.478 e. The smallest absolute Gasteiger partial charge is 0.421 e. The molecule has 0 aliphatic rings.